The van der Waals surface area contributed by atoms with Crippen molar-refractivity contribution in [1.29, 1.82) is 0 Å². The Hall–Kier alpha value is -1.54. The van der Waals surface area contributed by atoms with Crippen LogP contribution in [0.15, 0.2) is 54.8 Å². The number of benzene rings is 1. The van der Waals surface area contributed by atoms with Crippen molar-refractivity contribution in [2.45, 2.75) is 12.9 Å². The fourth-order valence-electron chi connectivity index (χ4n) is 1.22. The second-order valence-electron chi connectivity index (χ2n) is 3.01. The minimum Gasteiger partial charge on any atom is -0.469 e. The highest BCUT2D eigenvalue weighted by molar-refractivity contribution is 5.13. The van der Waals surface area contributed by atoms with E-state index in [4.69, 9.17) is 9.47 Å². The molecule has 1 aromatic rings. The van der Waals surface area contributed by atoms with E-state index in [9.17, 15) is 0 Å². The molecule has 72 valence electrons. The molecule has 0 aliphatic carbocycles. The summed E-state index contributed by atoms with van der Waals surface area (Å²) in [6.45, 7) is 0.573. The van der Waals surface area contributed by atoms with Gasteiger partial charge in [0, 0.05) is 0 Å². The Morgan fingerprint density at radius 3 is 2.71 bits per heavy atom. The molecule has 14 heavy (non-hydrogen) atoms. The fourth-order valence-corrected chi connectivity index (χ4v) is 1.22. The normalized spacial score (nSPS) is 19.3. The SMILES string of the molecule is C1=CO[C@H](OCc2ccccc2)C=C1. The molecule has 0 unspecified atom stereocenters. The highest BCUT2D eigenvalue weighted by Crippen LogP contribution is 2.08. The Labute approximate surface area is 83.5 Å². The average Bonchev–Trinajstić information content (AvgIpc) is 2.29. The molecule has 0 saturated heterocycles. The van der Waals surface area contributed by atoms with Crippen LogP contribution in [0.2, 0.25) is 0 Å². The van der Waals surface area contributed by atoms with Crippen molar-refractivity contribution < 1.29 is 9.47 Å². The summed E-state index contributed by atoms with van der Waals surface area (Å²) in [4.78, 5) is 0. The molecule has 0 fully saturated rings. The average molecular weight is 188 g/mol. The molecular weight excluding hydrogens is 176 g/mol. The first-order valence-electron chi connectivity index (χ1n) is 4.59. The van der Waals surface area contributed by atoms with E-state index in [1.807, 2.05) is 48.6 Å². The number of allylic oxidation sites excluding steroid dienone is 2. The van der Waals surface area contributed by atoms with Gasteiger partial charge in [-0.05, 0) is 17.7 Å². The van der Waals surface area contributed by atoms with E-state index in [0.29, 0.717) is 6.61 Å². The van der Waals surface area contributed by atoms with Crippen molar-refractivity contribution in [1.82, 2.24) is 0 Å². The van der Waals surface area contributed by atoms with Gasteiger partial charge in [-0.25, -0.2) is 0 Å². The van der Waals surface area contributed by atoms with Gasteiger partial charge in [0.15, 0.2) is 0 Å². The van der Waals surface area contributed by atoms with Gasteiger partial charge in [-0.1, -0.05) is 36.4 Å². The third-order valence-electron chi connectivity index (χ3n) is 1.93. The number of ether oxygens (including phenoxy) is 2. The third kappa shape index (κ3) is 2.47. The zero-order valence-electron chi connectivity index (χ0n) is 7.80. The van der Waals surface area contributed by atoms with Crippen LogP contribution in [0.1, 0.15) is 5.56 Å². The lowest BCUT2D eigenvalue weighted by Gasteiger charge is -2.15. The van der Waals surface area contributed by atoms with E-state index < -0.39 is 0 Å². The third-order valence-corrected chi connectivity index (χ3v) is 1.93. The molecule has 0 amide bonds. The Balaban J connectivity index is 1.83. The zero-order chi connectivity index (χ0) is 9.64. The molecule has 1 aromatic carbocycles. The topological polar surface area (TPSA) is 18.5 Å². The summed E-state index contributed by atoms with van der Waals surface area (Å²) in [5.41, 5.74) is 1.15. The van der Waals surface area contributed by atoms with Crippen molar-refractivity contribution in [3.05, 3.63) is 60.4 Å². The molecule has 1 aliphatic heterocycles. The Kier molecular flexibility index (Phi) is 2.99. The van der Waals surface area contributed by atoms with Crippen LogP contribution < -0.4 is 0 Å². The van der Waals surface area contributed by atoms with E-state index in [0.717, 1.165) is 5.56 Å². The standard InChI is InChI=1S/C12H12O2/c1-2-6-11(7-3-1)10-14-12-8-4-5-9-13-12/h1-9,12H,10H2/t12-/m1/s1. The van der Waals surface area contributed by atoms with Crippen LogP contribution in [-0.2, 0) is 16.1 Å². The van der Waals surface area contributed by atoms with Gasteiger partial charge in [0.2, 0.25) is 6.29 Å². The van der Waals surface area contributed by atoms with Crippen molar-refractivity contribution >= 4 is 0 Å². The molecule has 1 aliphatic rings. The molecule has 0 spiro atoms. The minimum absolute atomic E-state index is 0.250. The van der Waals surface area contributed by atoms with Gasteiger partial charge in [0.25, 0.3) is 0 Å². The van der Waals surface area contributed by atoms with Gasteiger partial charge in [0.1, 0.15) is 0 Å². The summed E-state index contributed by atoms with van der Waals surface area (Å²) >= 11 is 0. The summed E-state index contributed by atoms with van der Waals surface area (Å²) in [5.74, 6) is 0. The molecule has 2 nitrogen and oxygen atoms in total. The maximum absolute atomic E-state index is 5.51. The van der Waals surface area contributed by atoms with Crippen molar-refractivity contribution in [3.8, 4) is 0 Å². The fraction of sp³-hybridized carbons (Fsp3) is 0.167. The van der Waals surface area contributed by atoms with Gasteiger partial charge in [-0.15, -0.1) is 0 Å². The minimum atomic E-state index is -0.250. The van der Waals surface area contributed by atoms with E-state index in [1.54, 1.807) is 6.26 Å². The molecule has 0 N–H and O–H groups in total. The van der Waals surface area contributed by atoms with Crippen molar-refractivity contribution in [2.24, 2.45) is 0 Å². The van der Waals surface area contributed by atoms with Crippen LogP contribution in [0, 0.1) is 0 Å². The Morgan fingerprint density at radius 2 is 2.00 bits per heavy atom. The zero-order valence-corrected chi connectivity index (χ0v) is 7.80. The molecule has 0 radical (unpaired) electrons. The maximum Gasteiger partial charge on any atom is 0.219 e. The quantitative estimate of drug-likeness (QED) is 0.726. The van der Waals surface area contributed by atoms with Crippen LogP contribution in [0.25, 0.3) is 0 Å². The summed E-state index contributed by atoms with van der Waals surface area (Å²) in [6.07, 6.45) is 7.01. The number of hydrogen-bond donors (Lipinski definition) is 0. The molecule has 0 bridgehead atoms. The number of hydrogen-bond acceptors (Lipinski definition) is 2. The predicted octanol–water partition coefficient (Wildman–Crippen LogP) is 2.63. The first-order chi connectivity index (χ1) is 6.95. The molecule has 0 aromatic heterocycles. The second-order valence-corrected chi connectivity index (χ2v) is 3.01. The summed E-state index contributed by atoms with van der Waals surface area (Å²) in [7, 11) is 0. The summed E-state index contributed by atoms with van der Waals surface area (Å²) in [6, 6.07) is 10.0. The maximum atomic E-state index is 5.51. The lowest BCUT2D eigenvalue weighted by atomic mass is 10.2. The molecule has 0 saturated carbocycles. The Morgan fingerprint density at radius 1 is 1.14 bits per heavy atom. The summed E-state index contributed by atoms with van der Waals surface area (Å²) in [5, 5.41) is 0. The second kappa shape index (κ2) is 4.63. The lowest BCUT2D eigenvalue weighted by molar-refractivity contribution is -0.0827. The van der Waals surface area contributed by atoms with E-state index in [1.165, 1.54) is 0 Å². The van der Waals surface area contributed by atoms with Crippen molar-refractivity contribution in [2.75, 3.05) is 0 Å². The smallest absolute Gasteiger partial charge is 0.219 e. The van der Waals surface area contributed by atoms with Crippen LogP contribution in [0.4, 0.5) is 0 Å². The Bertz CT molecular complexity index is 327. The van der Waals surface area contributed by atoms with Gasteiger partial charge >= 0.3 is 0 Å². The highest BCUT2D eigenvalue weighted by Gasteiger charge is 2.05. The largest absolute Gasteiger partial charge is 0.469 e. The van der Waals surface area contributed by atoms with Gasteiger partial charge < -0.3 is 9.47 Å². The first kappa shape index (κ1) is 9.03. The van der Waals surface area contributed by atoms with Crippen molar-refractivity contribution in [3.63, 3.8) is 0 Å². The van der Waals surface area contributed by atoms with E-state index in [2.05, 4.69) is 0 Å². The monoisotopic (exact) mass is 188 g/mol. The van der Waals surface area contributed by atoms with Gasteiger partial charge in [-0.2, -0.15) is 0 Å². The van der Waals surface area contributed by atoms with Gasteiger partial charge in [-0.3, -0.25) is 0 Å². The van der Waals surface area contributed by atoms with E-state index >= 15 is 0 Å². The van der Waals surface area contributed by atoms with Crippen LogP contribution in [-0.4, -0.2) is 6.29 Å². The molecular formula is C12H12O2. The predicted molar refractivity (Wildman–Crippen MR) is 54.4 cm³/mol. The highest BCUT2D eigenvalue weighted by atomic mass is 16.7. The molecule has 1 atom stereocenters. The first-order valence-corrected chi connectivity index (χ1v) is 4.59. The van der Waals surface area contributed by atoms with Crippen LogP contribution >= 0.6 is 0 Å². The lowest BCUT2D eigenvalue weighted by Crippen LogP contribution is -2.12. The summed E-state index contributed by atoms with van der Waals surface area (Å²) < 4.78 is 10.7. The molecule has 2 heteroatoms. The molecule has 1 heterocycles. The van der Waals surface area contributed by atoms with Crippen LogP contribution in [0.3, 0.4) is 0 Å². The van der Waals surface area contributed by atoms with E-state index in [-0.39, 0.29) is 6.29 Å². The number of rotatable bonds is 3. The van der Waals surface area contributed by atoms with Crippen LogP contribution in [0.5, 0.6) is 0 Å². The molecule has 2 rings (SSSR count). The van der Waals surface area contributed by atoms with Gasteiger partial charge in [0.05, 0.1) is 12.9 Å².